The Morgan fingerprint density at radius 1 is 1.30 bits per heavy atom. The number of H-pyrrole nitrogens is 1. The van der Waals surface area contributed by atoms with Gasteiger partial charge in [-0.15, -0.1) is 0 Å². The molecule has 2 aliphatic heterocycles. The molecule has 1 atom stereocenters. The molecule has 1 N–H and O–H groups in total. The van der Waals surface area contributed by atoms with Crippen molar-refractivity contribution < 1.29 is 9.53 Å². The average Bonchev–Trinajstić information content (AvgIpc) is 3.08. The number of ether oxygens (including phenoxy) is 1. The quantitative estimate of drug-likeness (QED) is 0.815. The molecule has 1 aromatic heterocycles. The summed E-state index contributed by atoms with van der Waals surface area (Å²) in [6, 6.07) is 1.86. The van der Waals surface area contributed by atoms with Gasteiger partial charge in [0, 0.05) is 57.7 Å². The minimum Gasteiger partial charge on any atom is -0.374 e. The van der Waals surface area contributed by atoms with Crippen LogP contribution in [-0.2, 0) is 16.0 Å². The molecule has 0 aromatic carbocycles. The van der Waals surface area contributed by atoms with Crippen LogP contribution in [0.1, 0.15) is 12.6 Å². The lowest BCUT2D eigenvalue weighted by molar-refractivity contribution is -0.132. The third-order valence-electron chi connectivity index (χ3n) is 4.76. The number of hydrogen-bond donors (Lipinski definition) is 1. The van der Waals surface area contributed by atoms with Crippen molar-refractivity contribution in [2.75, 3.05) is 59.0 Å². The zero-order chi connectivity index (χ0) is 16.1. The van der Waals surface area contributed by atoms with Gasteiger partial charge in [-0.25, -0.2) is 0 Å². The molecule has 0 aliphatic carbocycles. The van der Waals surface area contributed by atoms with Crippen LogP contribution >= 0.6 is 0 Å². The van der Waals surface area contributed by atoms with Crippen molar-refractivity contribution in [2.24, 2.45) is 0 Å². The van der Waals surface area contributed by atoms with E-state index in [9.17, 15) is 4.79 Å². The topological polar surface area (TPSA) is 64.7 Å². The Kier molecular flexibility index (Phi) is 5.64. The summed E-state index contributed by atoms with van der Waals surface area (Å²) in [5.74, 6) is 0.181. The summed E-state index contributed by atoms with van der Waals surface area (Å²) in [6.07, 6.45) is 2.40. The number of amides is 1. The van der Waals surface area contributed by atoms with E-state index in [-0.39, 0.29) is 5.91 Å². The minimum absolute atomic E-state index is 0.181. The van der Waals surface area contributed by atoms with Crippen LogP contribution in [0.2, 0.25) is 0 Å². The first kappa shape index (κ1) is 16.4. The van der Waals surface area contributed by atoms with Crippen LogP contribution in [0.5, 0.6) is 0 Å². The van der Waals surface area contributed by atoms with Crippen LogP contribution in [-0.4, -0.2) is 95.9 Å². The summed E-state index contributed by atoms with van der Waals surface area (Å²) < 4.78 is 5.88. The first-order valence-corrected chi connectivity index (χ1v) is 8.57. The molecule has 1 amide bonds. The SMILES string of the molecule is CCN1CCOC(CN2CCN(C(=O)Cc3ccn[nH]3)CC2)C1. The molecule has 1 aromatic rings. The third-order valence-corrected chi connectivity index (χ3v) is 4.76. The largest absolute Gasteiger partial charge is 0.374 e. The fraction of sp³-hybridized carbons (Fsp3) is 0.750. The van der Waals surface area contributed by atoms with E-state index in [1.807, 2.05) is 11.0 Å². The van der Waals surface area contributed by atoms with Crippen LogP contribution in [0, 0.1) is 0 Å². The first-order chi connectivity index (χ1) is 11.2. The van der Waals surface area contributed by atoms with Crippen molar-refractivity contribution in [3.8, 4) is 0 Å². The molecule has 3 rings (SSSR count). The van der Waals surface area contributed by atoms with Gasteiger partial charge in [0.15, 0.2) is 0 Å². The number of likely N-dealkylation sites (N-methyl/N-ethyl adjacent to an activating group) is 1. The van der Waals surface area contributed by atoms with E-state index < -0.39 is 0 Å². The highest BCUT2D eigenvalue weighted by molar-refractivity contribution is 5.78. The molecule has 2 saturated heterocycles. The normalized spacial score (nSPS) is 24.0. The van der Waals surface area contributed by atoms with Gasteiger partial charge in [-0.1, -0.05) is 6.92 Å². The molecular weight excluding hydrogens is 294 g/mol. The second-order valence-corrected chi connectivity index (χ2v) is 6.33. The monoisotopic (exact) mass is 321 g/mol. The van der Waals surface area contributed by atoms with E-state index in [2.05, 4.69) is 26.9 Å². The van der Waals surface area contributed by atoms with Gasteiger partial charge < -0.3 is 9.64 Å². The Balaban J connectivity index is 1.40. The lowest BCUT2D eigenvalue weighted by Gasteiger charge is -2.39. The predicted molar refractivity (Wildman–Crippen MR) is 87.2 cm³/mol. The maximum atomic E-state index is 12.3. The van der Waals surface area contributed by atoms with E-state index in [0.717, 1.165) is 64.7 Å². The number of rotatable bonds is 5. The van der Waals surface area contributed by atoms with E-state index in [0.29, 0.717) is 12.5 Å². The maximum absolute atomic E-state index is 12.3. The number of carbonyl (C=O) groups excluding carboxylic acids is 1. The zero-order valence-electron chi connectivity index (χ0n) is 13.9. The van der Waals surface area contributed by atoms with E-state index in [4.69, 9.17) is 4.74 Å². The number of nitrogens with one attached hydrogen (secondary N) is 1. The molecule has 128 valence electrons. The summed E-state index contributed by atoms with van der Waals surface area (Å²) in [6.45, 7) is 10.6. The smallest absolute Gasteiger partial charge is 0.228 e. The van der Waals surface area contributed by atoms with Gasteiger partial charge in [0.25, 0.3) is 0 Å². The summed E-state index contributed by atoms with van der Waals surface area (Å²) in [4.78, 5) is 19.1. The van der Waals surface area contributed by atoms with Gasteiger partial charge in [-0.2, -0.15) is 5.10 Å². The molecule has 1 unspecified atom stereocenters. The first-order valence-electron chi connectivity index (χ1n) is 8.57. The van der Waals surface area contributed by atoms with E-state index in [1.165, 1.54) is 0 Å². The number of nitrogens with zero attached hydrogens (tertiary/aromatic N) is 4. The van der Waals surface area contributed by atoms with Crippen LogP contribution < -0.4 is 0 Å². The maximum Gasteiger partial charge on any atom is 0.228 e. The number of aromatic amines is 1. The highest BCUT2D eigenvalue weighted by Crippen LogP contribution is 2.10. The number of hydrogen-bond acceptors (Lipinski definition) is 5. The van der Waals surface area contributed by atoms with Gasteiger partial charge in [0.2, 0.25) is 5.91 Å². The summed E-state index contributed by atoms with van der Waals surface area (Å²) in [5, 5.41) is 6.74. The average molecular weight is 321 g/mol. The Morgan fingerprint density at radius 3 is 2.83 bits per heavy atom. The van der Waals surface area contributed by atoms with Crippen molar-refractivity contribution in [3.63, 3.8) is 0 Å². The molecule has 0 saturated carbocycles. The fourth-order valence-corrected chi connectivity index (χ4v) is 3.30. The Hall–Kier alpha value is -1.44. The molecule has 2 aliphatic rings. The Morgan fingerprint density at radius 2 is 2.13 bits per heavy atom. The minimum atomic E-state index is 0.181. The van der Waals surface area contributed by atoms with Crippen LogP contribution in [0.3, 0.4) is 0 Å². The van der Waals surface area contributed by atoms with Crippen LogP contribution in [0.15, 0.2) is 12.3 Å². The Labute approximate surface area is 137 Å². The molecule has 0 bridgehead atoms. The van der Waals surface area contributed by atoms with Gasteiger partial charge in [-0.05, 0) is 12.6 Å². The van der Waals surface area contributed by atoms with E-state index in [1.54, 1.807) is 6.20 Å². The third kappa shape index (κ3) is 4.53. The van der Waals surface area contributed by atoms with Crippen molar-refractivity contribution in [3.05, 3.63) is 18.0 Å². The van der Waals surface area contributed by atoms with Crippen LogP contribution in [0.4, 0.5) is 0 Å². The molecule has 7 heteroatoms. The van der Waals surface area contributed by atoms with Crippen molar-refractivity contribution in [1.82, 2.24) is 24.9 Å². The molecule has 0 spiro atoms. The second kappa shape index (κ2) is 7.90. The predicted octanol–water partition coefficient (Wildman–Crippen LogP) is -0.183. The van der Waals surface area contributed by atoms with Gasteiger partial charge in [-0.3, -0.25) is 19.7 Å². The number of aromatic nitrogens is 2. The van der Waals surface area contributed by atoms with Gasteiger partial charge in [0.1, 0.15) is 0 Å². The zero-order valence-corrected chi connectivity index (χ0v) is 13.9. The van der Waals surface area contributed by atoms with Crippen molar-refractivity contribution in [1.29, 1.82) is 0 Å². The van der Waals surface area contributed by atoms with Gasteiger partial charge >= 0.3 is 0 Å². The molecule has 23 heavy (non-hydrogen) atoms. The van der Waals surface area contributed by atoms with Crippen molar-refractivity contribution in [2.45, 2.75) is 19.4 Å². The van der Waals surface area contributed by atoms with Crippen molar-refractivity contribution >= 4 is 5.91 Å². The molecular formula is C16H27N5O2. The lowest BCUT2D eigenvalue weighted by Crippen LogP contribution is -2.53. The van der Waals surface area contributed by atoms with Crippen LogP contribution in [0.25, 0.3) is 0 Å². The highest BCUT2D eigenvalue weighted by atomic mass is 16.5. The second-order valence-electron chi connectivity index (χ2n) is 6.33. The summed E-state index contributed by atoms with van der Waals surface area (Å²) in [7, 11) is 0. The summed E-state index contributed by atoms with van der Waals surface area (Å²) in [5.41, 5.74) is 0.882. The number of piperazine rings is 1. The molecule has 2 fully saturated rings. The molecule has 0 radical (unpaired) electrons. The number of carbonyl (C=O) groups is 1. The van der Waals surface area contributed by atoms with E-state index >= 15 is 0 Å². The number of morpholine rings is 1. The Bertz CT molecular complexity index is 485. The molecule has 7 nitrogen and oxygen atoms in total. The van der Waals surface area contributed by atoms with Gasteiger partial charge in [0.05, 0.1) is 19.1 Å². The molecule has 3 heterocycles. The highest BCUT2D eigenvalue weighted by Gasteiger charge is 2.26. The summed E-state index contributed by atoms with van der Waals surface area (Å²) >= 11 is 0. The standard InChI is InChI=1S/C16H27N5O2/c1-2-19-9-10-23-15(12-19)13-20-5-7-21(8-6-20)16(22)11-14-3-4-17-18-14/h3-4,15H,2,5-13H2,1H3,(H,17,18). The lowest BCUT2D eigenvalue weighted by atomic mass is 10.2. The fourth-order valence-electron chi connectivity index (χ4n) is 3.30.